The molecule has 0 saturated heterocycles. The number of benzene rings is 3. The molecular formula is C25H25ClN2O2. The van der Waals surface area contributed by atoms with E-state index in [2.05, 4.69) is 41.5 Å². The van der Waals surface area contributed by atoms with E-state index in [0.717, 1.165) is 25.1 Å². The summed E-state index contributed by atoms with van der Waals surface area (Å²) in [5.74, 6) is 0.590. The van der Waals surface area contributed by atoms with Gasteiger partial charge in [-0.05, 0) is 47.9 Å². The Morgan fingerprint density at radius 2 is 1.80 bits per heavy atom. The molecule has 0 saturated carbocycles. The molecule has 1 atom stereocenters. The molecule has 1 heterocycles. The molecule has 154 valence electrons. The SMILES string of the molecule is CN1CCc2cc(Cl)c(OC(=O)NCc3ccccc3)cc2[C@H](c2ccccc2)C1. The summed E-state index contributed by atoms with van der Waals surface area (Å²) in [6.07, 6.45) is 0.401. The third-order valence-electron chi connectivity index (χ3n) is 5.51. The number of fused-ring (bicyclic) bond motifs is 1. The molecular weight excluding hydrogens is 396 g/mol. The number of ether oxygens (including phenoxy) is 1. The molecule has 4 rings (SSSR count). The van der Waals surface area contributed by atoms with Crippen molar-refractivity contribution in [3.63, 3.8) is 0 Å². The largest absolute Gasteiger partial charge is 0.412 e. The molecule has 4 nitrogen and oxygen atoms in total. The first-order valence-electron chi connectivity index (χ1n) is 10.2. The van der Waals surface area contributed by atoms with Gasteiger partial charge in [-0.25, -0.2) is 4.79 Å². The molecule has 0 radical (unpaired) electrons. The summed E-state index contributed by atoms with van der Waals surface area (Å²) in [6.45, 7) is 2.27. The maximum Gasteiger partial charge on any atom is 0.412 e. The first kappa shape index (κ1) is 20.5. The highest BCUT2D eigenvalue weighted by Crippen LogP contribution is 2.37. The van der Waals surface area contributed by atoms with E-state index in [1.165, 1.54) is 16.7 Å². The number of hydrogen-bond donors (Lipinski definition) is 1. The molecule has 0 fully saturated rings. The highest BCUT2D eigenvalue weighted by Gasteiger charge is 2.25. The van der Waals surface area contributed by atoms with Crippen molar-refractivity contribution in [3.05, 3.63) is 100 Å². The summed E-state index contributed by atoms with van der Waals surface area (Å²) in [4.78, 5) is 14.7. The number of likely N-dealkylation sites (N-methyl/N-ethyl adjacent to an activating group) is 1. The molecule has 1 aliphatic rings. The molecule has 3 aromatic rings. The van der Waals surface area contributed by atoms with E-state index in [1.54, 1.807) is 0 Å². The van der Waals surface area contributed by atoms with Crippen LogP contribution < -0.4 is 10.1 Å². The Labute approximate surface area is 182 Å². The van der Waals surface area contributed by atoms with Crippen molar-refractivity contribution < 1.29 is 9.53 Å². The molecule has 1 aliphatic heterocycles. The van der Waals surface area contributed by atoms with Crippen LogP contribution in [0.3, 0.4) is 0 Å². The van der Waals surface area contributed by atoms with Crippen molar-refractivity contribution >= 4 is 17.7 Å². The number of hydrogen-bond acceptors (Lipinski definition) is 3. The molecule has 0 aliphatic carbocycles. The van der Waals surface area contributed by atoms with Crippen LogP contribution in [0.4, 0.5) is 4.79 Å². The standard InChI is InChI=1S/C25H25ClN2O2/c1-28-13-12-20-14-23(26)24(30-25(29)27-16-18-8-4-2-5-9-18)15-21(20)22(17-28)19-10-6-3-7-11-19/h2-11,14-15,22H,12-13,16-17H2,1H3,(H,27,29)/t22-/m0/s1. The lowest BCUT2D eigenvalue weighted by atomic mass is 9.88. The minimum Gasteiger partial charge on any atom is -0.409 e. The van der Waals surface area contributed by atoms with Gasteiger partial charge in [-0.3, -0.25) is 0 Å². The van der Waals surface area contributed by atoms with Crippen LogP contribution in [0, 0.1) is 0 Å². The number of nitrogens with one attached hydrogen (secondary N) is 1. The van der Waals surface area contributed by atoms with Gasteiger partial charge in [0.2, 0.25) is 0 Å². The highest BCUT2D eigenvalue weighted by atomic mass is 35.5. The van der Waals surface area contributed by atoms with Crippen LogP contribution in [0.15, 0.2) is 72.8 Å². The van der Waals surface area contributed by atoms with Gasteiger partial charge in [-0.2, -0.15) is 0 Å². The first-order valence-corrected chi connectivity index (χ1v) is 10.5. The van der Waals surface area contributed by atoms with Crippen LogP contribution in [-0.2, 0) is 13.0 Å². The van der Waals surface area contributed by atoms with Gasteiger partial charge in [0.15, 0.2) is 5.75 Å². The highest BCUT2D eigenvalue weighted by molar-refractivity contribution is 6.32. The molecule has 1 N–H and O–H groups in total. The number of rotatable bonds is 4. The number of carbonyl (C=O) groups is 1. The van der Waals surface area contributed by atoms with Gasteiger partial charge in [0.1, 0.15) is 0 Å². The Hall–Kier alpha value is -2.82. The molecule has 30 heavy (non-hydrogen) atoms. The van der Waals surface area contributed by atoms with Gasteiger partial charge in [-0.15, -0.1) is 0 Å². The third-order valence-corrected chi connectivity index (χ3v) is 5.81. The van der Waals surface area contributed by atoms with E-state index in [9.17, 15) is 4.79 Å². The molecule has 0 spiro atoms. The lowest BCUT2D eigenvalue weighted by molar-refractivity contribution is 0.200. The third kappa shape index (κ3) is 4.84. The fourth-order valence-corrected chi connectivity index (χ4v) is 4.14. The Balaban J connectivity index is 1.57. The molecule has 1 amide bonds. The Bertz CT molecular complexity index is 1010. The van der Waals surface area contributed by atoms with E-state index in [4.69, 9.17) is 16.3 Å². The zero-order valence-corrected chi connectivity index (χ0v) is 17.7. The van der Waals surface area contributed by atoms with Crippen LogP contribution in [-0.4, -0.2) is 31.1 Å². The first-order chi connectivity index (χ1) is 14.6. The Kier molecular flexibility index (Phi) is 6.36. The van der Waals surface area contributed by atoms with Crippen molar-refractivity contribution in [2.45, 2.75) is 18.9 Å². The summed E-state index contributed by atoms with van der Waals surface area (Å²) >= 11 is 6.49. The van der Waals surface area contributed by atoms with Gasteiger partial charge in [-0.1, -0.05) is 72.3 Å². The van der Waals surface area contributed by atoms with Crippen LogP contribution in [0.1, 0.15) is 28.2 Å². The van der Waals surface area contributed by atoms with Crippen molar-refractivity contribution in [2.75, 3.05) is 20.1 Å². The van der Waals surface area contributed by atoms with Gasteiger partial charge >= 0.3 is 6.09 Å². The van der Waals surface area contributed by atoms with Gasteiger partial charge in [0.25, 0.3) is 0 Å². The van der Waals surface area contributed by atoms with Crippen molar-refractivity contribution in [1.82, 2.24) is 10.2 Å². The van der Waals surface area contributed by atoms with Gasteiger partial charge < -0.3 is 15.0 Å². The fraction of sp³-hybridized carbons (Fsp3) is 0.240. The summed E-state index contributed by atoms with van der Waals surface area (Å²) in [5.41, 5.74) is 4.63. The van der Waals surface area contributed by atoms with Crippen molar-refractivity contribution in [2.24, 2.45) is 0 Å². The normalized spacial score (nSPS) is 16.4. The van der Waals surface area contributed by atoms with Crippen molar-refractivity contribution in [3.8, 4) is 5.75 Å². The van der Waals surface area contributed by atoms with E-state index in [-0.39, 0.29) is 5.92 Å². The smallest absolute Gasteiger partial charge is 0.409 e. The predicted octanol–water partition coefficient (Wildman–Crippen LogP) is 5.25. The molecule has 5 heteroatoms. The maximum absolute atomic E-state index is 12.4. The molecule has 0 unspecified atom stereocenters. The summed E-state index contributed by atoms with van der Waals surface area (Å²) in [5, 5.41) is 3.25. The van der Waals surface area contributed by atoms with Crippen LogP contribution in [0.2, 0.25) is 5.02 Å². The fourth-order valence-electron chi connectivity index (χ4n) is 3.92. The van der Waals surface area contributed by atoms with E-state index < -0.39 is 6.09 Å². The zero-order chi connectivity index (χ0) is 20.9. The second kappa shape index (κ2) is 9.33. The minimum absolute atomic E-state index is 0.195. The predicted molar refractivity (Wildman–Crippen MR) is 120 cm³/mol. The second-order valence-electron chi connectivity index (χ2n) is 7.69. The number of carbonyl (C=O) groups excluding carboxylic acids is 1. The zero-order valence-electron chi connectivity index (χ0n) is 17.0. The molecule has 3 aromatic carbocycles. The van der Waals surface area contributed by atoms with E-state index >= 15 is 0 Å². The topological polar surface area (TPSA) is 41.6 Å². The lowest BCUT2D eigenvalue weighted by Gasteiger charge is -2.22. The number of halogens is 1. The monoisotopic (exact) mass is 420 g/mol. The number of nitrogens with zero attached hydrogens (tertiary/aromatic N) is 1. The summed E-state index contributed by atoms with van der Waals surface area (Å²) in [7, 11) is 2.14. The molecule has 0 bridgehead atoms. The van der Waals surface area contributed by atoms with Crippen molar-refractivity contribution in [1.29, 1.82) is 0 Å². The Morgan fingerprint density at radius 3 is 2.53 bits per heavy atom. The van der Waals surface area contributed by atoms with Crippen LogP contribution in [0.5, 0.6) is 5.75 Å². The second-order valence-corrected chi connectivity index (χ2v) is 8.09. The lowest BCUT2D eigenvalue weighted by Crippen LogP contribution is -2.26. The molecule has 0 aromatic heterocycles. The summed E-state index contributed by atoms with van der Waals surface area (Å²) < 4.78 is 5.59. The average Bonchev–Trinajstić information content (AvgIpc) is 2.93. The van der Waals surface area contributed by atoms with Gasteiger partial charge in [0, 0.05) is 25.6 Å². The Morgan fingerprint density at radius 1 is 1.10 bits per heavy atom. The van der Waals surface area contributed by atoms with E-state index in [0.29, 0.717) is 17.3 Å². The quantitative estimate of drug-likeness (QED) is 0.626. The maximum atomic E-state index is 12.4. The van der Waals surface area contributed by atoms with Gasteiger partial charge in [0.05, 0.1) is 5.02 Å². The van der Waals surface area contributed by atoms with E-state index in [1.807, 2.05) is 48.5 Å². The minimum atomic E-state index is -0.511. The average molecular weight is 421 g/mol. The van der Waals surface area contributed by atoms with Crippen LogP contribution >= 0.6 is 11.6 Å². The number of amides is 1. The van der Waals surface area contributed by atoms with Crippen LogP contribution in [0.25, 0.3) is 0 Å². The summed E-state index contributed by atoms with van der Waals surface area (Å²) in [6, 6.07) is 24.1.